The predicted octanol–water partition coefficient (Wildman–Crippen LogP) is 4.09. The number of hydrogen-bond acceptors (Lipinski definition) is 2. The minimum atomic E-state index is -0.0749. The van der Waals surface area contributed by atoms with Gasteiger partial charge >= 0.3 is 0 Å². The average Bonchev–Trinajstić information content (AvgIpc) is 2.48. The molecular weight excluding hydrogens is 365 g/mol. The van der Waals surface area contributed by atoms with Crippen LogP contribution in [0.4, 0.5) is 0 Å². The number of phenolic OH excluding ortho intramolecular Hbond substituents is 1. The Balaban J connectivity index is 2.02. The van der Waals surface area contributed by atoms with Crippen LogP contribution >= 0.6 is 22.6 Å². The second-order valence-electron chi connectivity index (χ2n) is 5.55. The van der Waals surface area contributed by atoms with E-state index in [0.717, 1.165) is 9.99 Å². The van der Waals surface area contributed by atoms with Gasteiger partial charge in [0.25, 0.3) is 5.91 Å². The van der Waals surface area contributed by atoms with Gasteiger partial charge in [-0.2, -0.15) is 0 Å². The first-order valence-corrected chi connectivity index (χ1v) is 8.49. The van der Waals surface area contributed by atoms with Gasteiger partial charge in [-0.05, 0) is 66.0 Å². The number of amides is 1. The van der Waals surface area contributed by atoms with Crippen molar-refractivity contribution < 1.29 is 9.90 Å². The van der Waals surface area contributed by atoms with Gasteiger partial charge in [0.2, 0.25) is 0 Å². The van der Waals surface area contributed by atoms with Gasteiger partial charge < -0.3 is 10.4 Å². The predicted molar refractivity (Wildman–Crippen MR) is 88.9 cm³/mol. The lowest BCUT2D eigenvalue weighted by Crippen LogP contribution is -2.40. The number of carbonyl (C=O) groups is 1. The van der Waals surface area contributed by atoms with Crippen LogP contribution < -0.4 is 5.32 Å². The van der Waals surface area contributed by atoms with Crippen LogP contribution in [0.5, 0.6) is 5.75 Å². The summed E-state index contributed by atoms with van der Waals surface area (Å²) < 4.78 is 0.762. The summed E-state index contributed by atoms with van der Waals surface area (Å²) in [6.07, 6.45) is 7.29. The van der Waals surface area contributed by atoms with Crippen LogP contribution in [-0.4, -0.2) is 17.1 Å². The number of carbonyl (C=O) groups excluding carboxylic acids is 1. The first-order chi connectivity index (χ1) is 9.61. The molecule has 0 aromatic heterocycles. The number of nitrogens with one attached hydrogen (secondary N) is 1. The molecule has 0 bridgehead atoms. The standard InChI is InChI=1S/C16H22INO2/c1-2-14(11-6-4-3-5-7-11)18-16(20)12-8-9-13(17)15(19)10-12/h8-11,14,19H,2-7H2,1H3,(H,18,20). The van der Waals surface area contributed by atoms with Crippen molar-refractivity contribution >= 4 is 28.5 Å². The minimum absolute atomic E-state index is 0.0749. The van der Waals surface area contributed by atoms with Gasteiger partial charge in [-0.1, -0.05) is 26.2 Å². The Kier molecular flexibility index (Phi) is 5.69. The smallest absolute Gasteiger partial charge is 0.251 e. The van der Waals surface area contributed by atoms with Crippen molar-refractivity contribution in [3.63, 3.8) is 0 Å². The molecule has 0 saturated heterocycles. The quantitative estimate of drug-likeness (QED) is 0.765. The zero-order valence-electron chi connectivity index (χ0n) is 11.9. The van der Waals surface area contributed by atoms with E-state index >= 15 is 0 Å². The number of rotatable bonds is 4. The summed E-state index contributed by atoms with van der Waals surface area (Å²) in [6.45, 7) is 2.13. The molecule has 2 N–H and O–H groups in total. The molecule has 3 nitrogen and oxygen atoms in total. The molecule has 1 fully saturated rings. The Morgan fingerprint density at radius 1 is 1.40 bits per heavy atom. The van der Waals surface area contributed by atoms with Crippen LogP contribution in [-0.2, 0) is 0 Å². The summed E-state index contributed by atoms with van der Waals surface area (Å²) in [5, 5.41) is 12.8. The molecule has 0 radical (unpaired) electrons. The Bertz CT molecular complexity index is 470. The third-order valence-corrected chi connectivity index (χ3v) is 5.10. The Morgan fingerprint density at radius 2 is 2.10 bits per heavy atom. The summed E-state index contributed by atoms with van der Waals surface area (Å²) in [6, 6.07) is 5.34. The molecule has 0 heterocycles. The highest BCUT2D eigenvalue weighted by molar-refractivity contribution is 14.1. The van der Waals surface area contributed by atoms with Crippen LogP contribution in [0, 0.1) is 9.49 Å². The zero-order valence-corrected chi connectivity index (χ0v) is 14.0. The van der Waals surface area contributed by atoms with Crippen molar-refractivity contribution in [3.8, 4) is 5.75 Å². The van der Waals surface area contributed by atoms with Gasteiger partial charge in [-0.3, -0.25) is 4.79 Å². The first-order valence-electron chi connectivity index (χ1n) is 7.41. The number of benzene rings is 1. The Labute approximate surface area is 134 Å². The third kappa shape index (κ3) is 3.87. The highest BCUT2D eigenvalue weighted by Crippen LogP contribution is 2.28. The molecule has 20 heavy (non-hydrogen) atoms. The number of hydrogen-bond donors (Lipinski definition) is 2. The monoisotopic (exact) mass is 387 g/mol. The molecule has 0 aliphatic heterocycles. The van der Waals surface area contributed by atoms with Crippen molar-refractivity contribution in [2.75, 3.05) is 0 Å². The van der Waals surface area contributed by atoms with Crippen molar-refractivity contribution in [3.05, 3.63) is 27.3 Å². The summed E-state index contributed by atoms with van der Waals surface area (Å²) >= 11 is 2.05. The first kappa shape index (κ1) is 15.6. The second-order valence-corrected chi connectivity index (χ2v) is 6.71. The Hall–Kier alpha value is -0.780. The Morgan fingerprint density at radius 3 is 2.70 bits per heavy atom. The van der Waals surface area contributed by atoms with Gasteiger partial charge in [0, 0.05) is 11.6 Å². The number of halogens is 1. The summed E-state index contributed by atoms with van der Waals surface area (Å²) in [4.78, 5) is 12.3. The second kappa shape index (κ2) is 7.29. The SMILES string of the molecule is CCC(NC(=O)c1ccc(I)c(O)c1)C1CCCCC1. The van der Waals surface area contributed by atoms with Gasteiger partial charge in [-0.15, -0.1) is 0 Å². The highest BCUT2D eigenvalue weighted by atomic mass is 127. The van der Waals surface area contributed by atoms with Crippen molar-refractivity contribution in [1.82, 2.24) is 5.32 Å². The molecule has 1 aliphatic rings. The highest BCUT2D eigenvalue weighted by Gasteiger charge is 2.24. The third-order valence-electron chi connectivity index (χ3n) is 4.18. The molecule has 4 heteroatoms. The maximum Gasteiger partial charge on any atom is 0.251 e. The summed E-state index contributed by atoms with van der Waals surface area (Å²) in [5.41, 5.74) is 0.539. The summed E-state index contributed by atoms with van der Waals surface area (Å²) in [5.74, 6) is 0.702. The number of aromatic hydroxyl groups is 1. The average molecular weight is 387 g/mol. The van der Waals surface area contributed by atoms with Crippen molar-refractivity contribution in [2.45, 2.75) is 51.5 Å². The van der Waals surface area contributed by atoms with Crippen molar-refractivity contribution in [2.24, 2.45) is 5.92 Å². The molecule has 1 saturated carbocycles. The van der Waals surface area contributed by atoms with E-state index in [-0.39, 0.29) is 17.7 Å². The normalized spacial score (nSPS) is 17.7. The molecule has 2 rings (SSSR count). The summed E-state index contributed by atoms with van der Waals surface area (Å²) in [7, 11) is 0. The van der Waals surface area contributed by atoms with E-state index in [2.05, 4.69) is 34.8 Å². The van der Waals surface area contributed by atoms with Crippen LogP contribution in [0.25, 0.3) is 0 Å². The molecule has 1 amide bonds. The largest absolute Gasteiger partial charge is 0.507 e. The molecule has 1 aromatic carbocycles. The molecular formula is C16H22INO2. The fourth-order valence-corrected chi connectivity index (χ4v) is 3.33. The lowest BCUT2D eigenvalue weighted by molar-refractivity contribution is 0.0910. The topological polar surface area (TPSA) is 49.3 Å². The van der Waals surface area contributed by atoms with Crippen molar-refractivity contribution in [1.29, 1.82) is 0 Å². The maximum absolute atomic E-state index is 12.3. The van der Waals surface area contributed by atoms with Gasteiger partial charge in [0.15, 0.2) is 0 Å². The molecule has 1 aliphatic carbocycles. The lowest BCUT2D eigenvalue weighted by atomic mass is 9.83. The van der Waals surface area contributed by atoms with Gasteiger partial charge in [0.05, 0.1) is 3.57 Å². The van der Waals surface area contributed by atoms with Crippen LogP contribution in [0.15, 0.2) is 18.2 Å². The van der Waals surface area contributed by atoms with Crippen LogP contribution in [0.2, 0.25) is 0 Å². The molecule has 1 unspecified atom stereocenters. The van der Waals surface area contributed by atoms with E-state index in [1.54, 1.807) is 18.2 Å². The van der Waals surface area contributed by atoms with E-state index in [0.29, 0.717) is 11.5 Å². The molecule has 110 valence electrons. The minimum Gasteiger partial charge on any atom is -0.507 e. The van der Waals surface area contributed by atoms with Crippen LogP contribution in [0.1, 0.15) is 55.8 Å². The number of phenols is 1. The van der Waals surface area contributed by atoms with E-state index < -0.39 is 0 Å². The van der Waals surface area contributed by atoms with E-state index in [4.69, 9.17) is 0 Å². The van der Waals surface area contributed by atoms with Crippen LogP contribution in [0.3, 0.4) is 0 Å². The maximum atomic E-state index is 12.3. The fourth-order valence-electron chi connectivity index (χ4n) is 3.00. The van der Waals surface area contributed by atoms with Gasteiger partial charge in [-0.25, -0.2) is 0 Å². The lowest BCUT2D eigenvalue weighted by Gasteiger charge is -2.30. The van der Waals surface area contributed by atoms with E-state index in [1.165, 1.54) is 32.1 Å². The van der Waals surface area contributed by atoms with E-state index in [9.17, 15) is 9.90 Å². The van der Waals surface area contributed by atoms with Gasteiger partial charge in [0.1, 0.15) is 5.75 Å². The van der Waals surface area contributed by atoms with E-state index in [1.807, 2.05) is 0 Å². The molecule has 1 atom stereocenters. The zero-order chi connectivity index (χ0) is 14.5. The molecule has 0 spiro atoms. The molecule has 1 aromatic rings. The fraction of sp³-hybridized carbons (Fsp3) is 0.562.